The third-order valence-corrected chi connectivity index (χ3v) is 6.92. The average molecular weight is 506 g/mol. The Morgan fingerprint density at radius 1 is 1.17 bits per heavy atom. The molecule has 2 aliphatic heterocycles. The van der Waals surface area contributed by atoms with E-state index in [2.05, 4.69) is 0 Å². The number of carbonyl (C=O) groups excluding carboxylic acids is 3. The molecule has 2 fully saturated rings. The van der Waals surface area contributed by atoms with Crippen LogP contribution < -0.4 is 9.47 Å². The number of nitrogens with zero attached hydrogens (tertiary/aromatic N) is 1. The van der Waals surface area contributed by atoms with Gasteiger partial charge in [0.25, 0.3) is 5.91 Å². The summed E-state index contributed by atoms with van der Waals surface area (Å²) < 4.78 is 32.6. The maximum Gasteiger partial charge on any atom is 0.329 e. The number of esters is 2. The van der Waals surface area contributed by atoms with Crippen LogP contribution in [0, 0.1) is 5.41 Å². The van der Waals surface area contributed by atoms with Crippen molar-refractivity contribution in [3.05, 3.63) is 35.5 Å². The normalized spacial score (nSPS) is 25.2. The van der Waals surface area contributed by atoms with Crippen molar-refractivity contribution in [2.24, 2.45) is 5.41 Å². The number of likely N-dealkylation sites (tertiary alicyclic amines) is 1. The maximum absolute atomic E-state index is 13.6. The van der Waals surface area contributed by atoms with Gasteiger partial charge in [0.05, 0.1) is 41.2 Å². The van der Waals surface area contributed by atoms with Gasteiger partial charge < -0.3 is 33.5 Å². The van der Waals surface area contributed by atoms with Crippen molar-refractivity contribution in [3.8, 4) is 11.5 Å². The minimum atomic E-state index is -1.80. The minimum absolute atomic E-state index is 0.0277. The van der Waals surface area contributed by atoms with E-state index in [1.54, 1.807) is 31.2 Å². The molecule has 1 N–H and O–H groups in total. The van der Waals surface area contributed by atoms with E-state index in [9.17, 15) is 19.5 Å². The lowest BCUT2D eigenvalue weighted by Crippen LogP contribution is -2.52. The summed E-state index contributed by atoms with van der Waals surface area (Å²) >= 11 is 0. The zero-order chi connectivity index (χ0) is 26.1. The first kappa shape index (κ1) is 25.9. The van der Waals surface area contributed by atoms with Crippen LogP contribution in [0.3, 0.4) is 0 Å². The van der Waals surface area contributed by atoms with Crippen LogP contribution in [0.5, 0.6) is 11.5 Å². The van der Waals surface area contributed by atoms with Crippen molar-refractivity contribution in [2.45, 2.75) is 44.1 Å². The molecule has 1 aliphatic carbocycles. The predicted octanol–water partition coefficient (Wildman–Crippen LogP) is 0.961. The number of hydrogen-bond acceptors (Lipinski definition) is 10. The maximum atomic E-state index is 13.6. The van der Waals surface area contributed by atoms with Gasteiger partial charge in [-0.1, -0.05) is 12.1 Å². The first-order chi connectivity index (χ1) is 17.3. The highest BCUT2D eigenvalue weighted by Gasteiger charge is 2.68. The van der Waals surface area contributed by atoms with Crippen molar-refractivity contribution >= 4 is 17.8 Å². The van der Waals surface area contributed by atoms with Crippen LogP contribution >= 0.6 is 0 Å². The molecule has 0 radical (unpaired) electrons. The molecule has 0 aromatic heterocycles. The summed E-state index contributed by atoms with van der Waals surface area (Å²) in [6, 6.07) is 3.94. The highest BCUT2D eigenvalue weighted by atomic mass is 16.7. The fraction of sp³-hybridized carbons (Fsp3) is 0.560. The lowest BCUT2D eigenvalue weighted by atomic mass is 9.71. The minimum Gasteiger partial charge on any atom is -0.493 e. The molecule has 0 unspecified atom stereocenters. The molecule has 11 nitrogen and oxygen atoms in total. The summed E-state index contributed by atoms with van der Waals surface area (Å²) in [7, 11) is 4.21. The van der Waals surface area contributed by atoms with Gasteiger partial charge in [-0.05, 0) is 24.6 Å². The van der Waals surface area contributed by atoms with Gasteiger partial charge in [0.15, 0.2) is 23.4 Å². The summed E-state index contributed by atoms with van der Waals surface area (Å²) in [6.07, 6.45) is -0.0577. The van der Waals surface area contributed by atoms with Gasteiger partial charge in [-0.2, -0.15) is 0 Å². The van der Waals surface area contributed by atoms with Gasteiger partial charge in [0, 0.05) is 25.0 Å². The van der Waals surface area contributed by atoms with Crippen molar-refractivity contribution in [2.75, 3.05) is 41.2 Å². The molecule has 2 saturated heterocycles. The lowest BCUT2D eigenvalue weighted by molar-refractivity contribution is -0.200. The van der Waals surface area contributed by atoms with Gasteiger partial charge >= 0.3 is 11.9 Å². The highest BCUT2D eigenvalue weighted by molar-refractivity contribution is 6.00. The average Bonchev–Trinajstić information content (AvgIpc) is 3.43. The molecule has 3 aliphatic rings. The third kappa shape index (κ3) is 4.10. The number of amides is 1. The number of aliphatic hydroxyl groups excluding tert-OH is 1. The molecular formula is C25H31NO10. The van der Waals surface area contributed by atoms with Gasteiger partial charge in [0.2, 0.25) is 0 Å². The fourth-order valence-electron chi connectivity index (χ4n) is 5.27. The zero-order valence-corrected chi connectivity index (χ0v) is 20.8. The van der Waals surface area contributed by atoms with Gasteiger partial charge in [-0.15, -0.1) is 0 Å². The Balaban J connectivity index is 1.78. The first-order valence-corrected chi connectivity index (χ1v) is 11.7. The van der Waals surface area contributed by atoms with E-state index in [4.69, 9.17) is 28.4 Å². The first-order valence-electron chi connectivity index (χ1n) is 11.7. The Morgan fingerprint density at radius 3 is 2.47 bits per heavy atom. The number of benzene rings is 1. The van der Waals surface area contributed by atoms with Crippen molar-refractivity contribution in [1.82, 2.24) is 4.90 Å². The number of ether oxygens (including phenoxy) is 6. The highest BCUT2D eigenvalue weighted by Crippen LogP contribution is 2.54. The molecule has 0 saturated carbocycles. The van der Waals surface area contributed by atoms with Crippen LogP contribution in [0.4, 0.5) is 0 Å². The van der Waals surface area contributed by atoms with E-state index >= 15 is 0 Å². The zero-order valence-electron chi connectivity index (χ0n) is 20.8. The van der Waals surface area contributed by atoms with E-state index in [0.29, 0.717) is 30.3 Å². The van der Waals surface area contributed by atoms with Crippen molar-refractivity contribution in [3.63, 3.8) is 0 Å². The molecule has 11 heteroatoms. The van der Waals surface area contributed by atoms with E-state index in [-0.39, 0.29) is 31.6 Å². The summed E-state index contributed by atoms with van der Waals surface area (Å²) in [5.74, 6) is -2.52. The molecule has 1 aromatic carbocycles. The van der Waals surface area contributed by atoms with Gasteiger partial charge in [0.1, 0.15) is 11.5 Å². The second-order valence-electron chi connectivity index (χ2n) is 8.81. The van der Waals surface area contributed by atoms with Crippen LogP contribution in [-0.4, -0.2) is 86.9 Å². The number of methoxy groups -OCH3 is 3. The van der Waals surface area contributed by atoms with E-state index in [1.807, 2.05) is 0 Å². The molecular weight excluding hydrogens is 474 g/mol. The molecule has 196 valence electrons. The Bertz CT molecular complexity index is 1060. The molecule has 1 spiro atoms. The number of fused-ring (bicyclic) bond motifs is 1. The SMILES string of the molecule is CCOC(=O)[C@]12CC3(CC=C1N([C@H](Cc1ccc(OC)c(OC)c1)C(=O)OC)C(=O)[C@@H]2O)OCCO3. The molecule has 3 atom stereocenters. The summed E-state index contributed by atoms with van der Waals surface area (Å²) in [5.41, 5.74) is -0.965. The van der Waals surface area contributed by atoms with Crippen LogP contribution in [0.15, 0.2) is 30.0 Å². The van der Waals surface area contributed by atoms with Crippen molar-refractivity contribution in [1.29, 1.82) is 0 Å². The lowest BCUT2D eigenvalue weighted by Gasteiger charge is -2.42. The summed E-state index contributed by atoms with van der Waals surface area (Å²) in [5, 5.41) is 11.2. The monoisotopic (exact) mass is 505 g/mol. The smallest absolute Gasteiger partial charge is 0.329 e. The number of rotatable bonds is 8. The molecule has 36 heavy (non-hydrogen) atoms. The van der Waals surface area contributed by atoms with Crippen LogP contribution in [0.25, 0.3) is 0 Å². The molecule has 4 rings (SSSR count). The standard InChI is InChI=1S/C25H31NO10/c1-5-34-23(30)25-14-24(35-10-11-36-24)9-8-19(25)26(21(28)20(25)27)16(22(29)33-4)12-15-6-7-17(31-2)18(13-15)32-3/h6-8,13,16,20,27H,5,9-12,14H2,1-4H3/t16-,20+,25-/m1/s1. The van der Waals surface area contributed by atoms with Gasteiger partial charge in [-0.25, -0.2) is 4.79 Å². The Kier molecular flexibility index (Phi) is 7.26. The fourth-order valence-corrected chi connectivity index (χ4v) is 5.27. The molecule has 1 amide bonds. The number of aliphatic hydroxyl groups is 1. The molecule has 1 aromatic rings. The molecule has 2 heterocycles. The number of hydrogen-bond donors (Lipinski definition) is 1. The Hall–Kier alpha value is -3.15. The van der Waals surface area contributed by atoms with Crippen LogP contribution in [0.2, 0.25) is 0 Å². The second kappa shape index (κ2) is 10.1. The molecule has 0 bridgehead atoms. The third-order valence-electron chi connectivity index (χ3n) is 6.92. The topological polar surface area (TPSA) is 130 Å². The van der Waals surface area contributed by atoms with Crippen molar-refractivity contribution < 1.29 is 47.9 Å². The van der Waals surface area contributed by atoms with E-state index in [0.717, 1.165) is 4.90 Å². The second-order valence-corrected chi connectivity index (χ2v) is 8.81. The summed E-state index contributed by atoms with van der Waals surface area (Å²) in [4.78, 5) is 41.1. The van der Waals surface area contributed by atoms with Gasteiger partial charge in [-0.3, -0.25) is 14.5 Å². The largest absolute Gasteiger partial charge is 0.493 e. The number of carbonyl (C=O) groups is 3. The van der Waals surface area contributed by atoms with Crippen LogP contribution in [0.1, 0.15) is 25.3 Å². The Morgan fingerprint density at radius 2 is 1.86 bits per heavy atom. The van der Waals surface area contributed by atoms with E-state index < -0.39 is 41.2 Å². The predicted molar refractivity (Wildman–Crippen MR) is 123 cm³/mol. The van der Waals surface area contributed by atoms with Crippen LogP contribution in [-0.2, 0) is 39.8 Å². The van der Waals surface area contributed by atoms with E-state index in [1.165, 1.54) is 21.3 Å². The Labute approximate surface area is 208 Å². The quantitative estimate of drug-likeness (QED) is 0.510. The summed E-state index contributed by atoms with van der Waals surface area (Å²) in [6.45, 7) is 2.31.